The number of nitrogens with zero attached hydrogens (tertiary/aromatic N) is 2. The molecule has 2 rings (SSSR count). The van der Waals surface area contributed by atoms with Crippen LogP contribution in [0.25, 0.3) is 10.9 Å². The molecule has 1 heterocycles. The lowest BCUT2D eigenvalue weighted by Gasteiger charge is -2.08. The third-order valence-corrected chi connectivity index (χ3v) is 2.51. The lowest BCUT2D eigenvalue weighted by atomic mass is 10.1. The van der Waals surface area contributed by atoms with Gasteiger partial charge in [0.05, 0.1) is 17.6 Å². The predicted octanol–water partition coefficient (Wildman–Crippen LogP) is 2.24. The predicted molar refractivity (Wildman–Crippen MR) is 63.7 cm³/mol. The first-order valence-electron chi connectivity index (χ1n) is 5.27. The molecule has 0 radical (unpaired) electrons. The van der Waals surface area contributed by atoms with Gasteiger partial charge in [0.2, 0.25) is 0 Å². The van der Waals surface area contributed by atoms with Gasteiger partial charge in [-0.1, -0.05) is 24.3 Å². The molecule has 3 heteroatoms. The quantitative estimate of drug-likeness (QED) is 0.847. The molecule has 1 aromatic carbocycles. The van der Waals surface area contributed by atoms with Gasteiger partial charge < -0.3 is 0 Å². The molecule has 0 aliphatic carbocycles. The zero-order chi connectivity index (χ0) is 11.4. The highest BCUT2D eigenvalue weighted by molar-refractivity contribution is 5.81. The first-order chi connectivity index (χ1) is 7.81. The van der Waals surface area contributed by atoms with Gasteiger partial charge in [-0.2, -0.15) is 5.26 Å². The smallest absolute Gasteiger partial charge is 0.0927 e. The van der Waals surface area contributed by atoms with Crippen LogP contribution in [0.5, 0.6) is 0 Å². The molecule has 0 amide bonds. The van der Waals surface area contributed by atoms with E-state index >= 15 is 0 Å². The number of hydrogen-bond acceptors (Lipinski definition) is 3. The van der Waals surface area contributed by atoms with Crippen LogP contribution in [0.3, 0.4) is 0 Å². The first-order valence-corrected chi connectivity index (χ1v) is 5.27. The van der Waals surface area contributed by atoms with Crippen LogP contribution in [0.2, 0.25) is 0 Å². The van der Waals surface area contributed by atoms with E-state index in [-0.39, 0.29) is 6.04 Å². The number of fused-ring (bicyclic) bond motifs is 1. The van der Waals surface area contributed by atoms with Crippen LogP contribution in [0, 0.1) is 11.3 Å². The van der Waals surface area contributed by atoms with Gasteiger partial charge in [-0.3, -0.25) is 10.3 Å². The molecule has 2 aromatic rings. The Morgan fingerprint density at radius 3 is 3.00 bits per heavy atom. The van der Waals surface area contributed by atoms with Crippen molar-refractivity contribution >= 4 is 10.9 Å². The van der Waals surface area contributed by atoms with Crippen molar-refractivity contribution < 1.29 is 0 Å². The summed E-state index contributed by atoms with van der Waals surface area (Å²) in [6.07, 6.45) is 1.79. The van der Waals surface area contributed by atoms with E-state index in [1.165, 1.54) is 0 Å². The number of para-hydroxylation sites is 1. The lowest BCUT2D eigenvalue weighted by Crippen LogP contribution is -2.23. The Balaban J connectivity index is 2.28. The Hall–Kier alpha value is -1.92. The van der Waals surface area contributed by atoms with E-state index in [9.17, 15) is 0 Å². The second kappa shape index (κ2) is 4.73. The molecule has 0 aliphatic heterocycles. The largest absolute Gasteiger partial charge is 0.298 e. The van der Waals surface area contributed by atoms with Crippen molar-refractivity contribution in [2.75, 3.05) is 0 Å². The van der Waals surface area contributed by atoms with E-state index in [2.05, 4.69) is 16.4 Å². The maximum atomic E-state index is 8.70. The summed E-state index contributed by atoms with van der Waals surface area (Å²) in [5, 5.41) is 13.0. The number of benzene rings is 1. The van der Waals surface area contributed by atoms with Gasteiger partial charge in [-0.05, 0) is 18.6 Å². The molecule has 0 saturated heterocycles. The molecule has 1 N–H and O–H groups in total. The Morgan fingerprint density at radius 1 is 1.38 bits per heavy atom. The van der Waals surface area contributed by atoms with E-state index in [0.717, 1.165) is 16.5 Å². The number of pyridine rings is 1. The SMILES string of the molecule is CC(C#N)NCc1cccc2cccnc12. The topological polar surface area (TPSA) is 48.7 Å². The molecule has 0 bridgehead atoms. The van der Waals surface area contributed by atoms with Crippen molar-refractivity contribution in [2.24, 2.45) is 0 Å². The zero-order valence-corrected chi connectivity index (χ0v) is 9.14. The summed E-state index contributed by atoms with van der Waals surface area (Å²) in [5.74, 6) is 0. The second-order valence-corrected chi connectivity index (χ2v) is 3.72. The maximum absolute atomic E-state index is 8.70. The van der Waals surface area contributed by atoms with Crippen LogP contribution < -0.4 is 5.32 Å². The standard InChI is InChI=1S/C13H13N3/c1-10(8-14)16-9-12-5-2-4-11-6-3-7-15-13(11)12/h2-7,10,16H,9H2,1H3. The Morgan fingerprint density at radius 2 is 2.19 bits per heavy atom. The molecule has 0 aliphatic rings. The fourth-order valence-electron chi connectivity index (χ4n) is 1.62. The molecule has 80 valence electrons. The third-order valence-electron chi connectivity index (χ3n) is 2.51. The Bertz CT molecular complexity index is 523. The van der Waals surface area contributed by atoms with Crippen molar-refractivity contribution in [1.82, 2.24) is 10.3 Å². The monoisotopic (exact) mass is 211 g/mol. The van der Waals surface area contributed by atoms with E-state index in [1.54, 1.807) is 6.20 Å². The number of rotatable bonds is 3. The minimum Gasteiger partial charge on any atom is -0.298 e. The fourth-order valence-corrected chi connectivity index (χ4v) is 1.62. The van der Waals surface area contributed by atoms with Gasteiger partial charge >= 0.3 is 0 Å². The molecular formula is C13H13N3. The molecule has 0 fully saturated rings. The fraction of sp³-hybridized carbons (Fsp3) is 0.231. The molecule has 16 heavy (non-hydrogen) atoms. The lowest BCUT2D eigenvalue weighted by molar-refractivity contribution is 0.644. The molecule has 0 spiro atoms. The van der Waals surface area contributed by atoms with Crippen LogP contribution in [0.4, 0.5) is 0 Å². The number of aromatic nitrogens is 1. The van der Waals surface area contributed by atoms with Crippen LogP contribution in [-0.2, 0) is 6.54 Å². The third kappa shape index (κ3) is 2.18. The van der Waals surface area contributed by atoms with Crippen LogP contribution in [-0.4, -0.2) is 11.0 Å². The molecule has 1 aromatic heterocycles. The highest BCUT2D eigenvalue weighted by atomic mass is 14.9. The van der Waals surface area contributed by atoms with Crippen molar-refractivity contribution in [3.05, 3.63) is 42.1 Å². The normalized spacial score (nSPS) is 12.2. The van der Waals surface area contributed by atoms with Gasteiger partial charge in [0, 0.05) is 18.1 Å². The highest BCUT2D eigenvalue weighted by Crippen LogP contribution is 2.15. The van der Waals surface area contributed by atoms with E-state index in [1.807, 2.05) is 37.3 Å². The van der Waals surface area contributed by atoms with Gasteiger partial charge in [-0.25, -0.2) is 0 Å². The summed E-state index contributed by atoms with van der Waals surface area (Å²) in [5.41, 5.74) is 2.13. The van der Waals surface area contributed by atoms with Gasteiger partial charge in [0.15, 0.2) is 0 Å². The zero-order valence-electron chi connectivity index (χ0n) is 9.14. The summed E-state index contributed by atoms with van der Waals surface area (Å²) in [6, 6.07) is 12.1. The van der Waals surface area contributed by atoms with E-state index < -0.39 is 0 Å². The van der Waals surface area contributed by atoms with Gasteiger partial charge in [0.25, 0.3) is 0 Å². The summed E-state index contributed by atoms with van der Waals surface area (Å²) in [7, 11) is 0. The average molecular weight is 211 g/mol. The van der Waals surface area contributed by atoms with E-state index in [4.69, 9.17) is 5.26 Å². The van der Waals surface area contributed by atoms with Crippen LogP contribution in [0.15, 0.2) is 36.5 Å². The molecule has 0 saturated carbocycles. The molecule has 3 nitrogen and oxygen atoms in total. The number of nitriles is 1. The Kier molecular flexibility index (Phi) is 3.13. The maximum Gasteiger partial charge on any atom is 0.0927 e. The minimum atomic E-state index is -0.140. The molecular weight excluding hydrogens is 198 g/mol. The average Bonchev–Trinajstić information content (AvgIpc) is 2.35. The first kappa shape index (κ1) is 10.6. The molecule has 1 unspecified atom stereocenters. The van der Waals surface area contributed by atoms with Crippen molar-refractivity contribution in [2.45, 2.75) is 19.5 Å². The highest BCUT2D eigenvalue weighted by Gasteiger charge is 2.03. The van der Waals surface area contributed by atoms with Crippen molar-refractivity contribution in [3.63, 3.8) is 0 Å². The van der Waals surface area contributed by atoms with Gasteiger partial charge in [-0.15, -0.1) is 0 Å². The van der Waals surface area contributed by atoms with Crippen LogP contribution in [0.1, 0.15) is 12.5 Å². The Labute approximate surface area is 94.7 Å². The number of nitrogens with one attached hydrogen (secondary N) is 1. The summed E-state index contributed by atoms with van der Waals surface area (Å²) in [4.78, 5) is 4.36. The van der Waals surface area contributed by atoms with Crippen LogP contribution >= 0.6 is 0 Å². The van der Waals surface area contributed by atoms with Crippen molar-refractivity contribution in [1.29, 1.82) is 5.26 Å². The number of hydrogen-bond donors (Lipinski definition) is 1. The van der Waals surface area contributed by atoms with E-state index in [0.29, 0.717) is 6.54 Å². The minimum absolute atomic E-state index is 0.140. The molecule has 1 atom stereocenters. The summed E-state index contributed by atoms with van der Waals surface area (Å²) in [6.45, 7) is 2.52. The summed E-state index contributed by atoms with van der Waals surface area (Å²) < 4.78 is 0. The van der Waals surface area contributed by atoms with Gasteiger partial charge in [0.1, 0.15) is 0 Å². The van der Waals surface area contributed by atoms with Crippen molar-refractivity contribution in [3.8, 4) is 6.07 Å². The summed E-state index contributed by atoms with van der Waals surface area (Å²) >= 11 is 0. The second-order valence-electron chi connectivity index (χ2n) is 3.72.